The minimum Gasteiger partial charge on any atom is -0.481 e. The number of carboxylic acids is 1. The highest BCUT2D eigenvalue weighted by Crippen LogP contribution is 2.45. The topological polar surface area (TPSA) is 95.9 Å². The second-order valence-corrected chi connectivity index (χ2v) is 10.1. The number of amides is 2. The largest absolute Gasteiger partial charge is 0.481 e. The van der Waals surface area contributed by atoms with Crippen LogP contribution in [0, 0.1) is 11.3 Å². The highest BCUT2D eigenvalue weighted by Gasteiger charge is 2.49. The molecule has 1 saturated carbocycles. The van der Waals surface area contributed by atoms with Crippen LogP contribution < -0.4 is 5.32 Å². The lowest BCUT2D eigenvalue weighted by atomic mass is 9.67. The number of carboxylic acid groups (broad SMARTS) is 1. The molecule has 35 heavy (non-hydrogen) atoms. The molecule has 0 aromatic heterocycles. The number of nitrogens with one attached hydrogen (secondary N) is 1. The van der Waals surface area contributed by atoms with E-state index in [1.807, 2.05) is 31.2 Å². The van der Waals surface area contributed by atoms with Crippen LogP contribution in [0.3, 0.4) is 0 Å². The van der Waals surface area contributed by atoms with Crippen molar-refractivity contribution < 1.29 is 24.2 Å². The highest BCUT2D eigenvalue weighted by molar-refractivity contribution is 5.86. The Morgan fingerprint density at radius 2 is 1.66 bits per heavy atom. The molecule has 7 heteroatoms. The van der Waals surface area contributed by atoms with Gasteiger partial charge in [0, 0.05) is 25.0 Å². The van der Waals surface area contributed by atoms with E-state index >= 15 is 0 Å². The zero-order valence-electron chi connectivity index (χ0n) is 20.0. The Labute approximate surface area is 205 Å². The van der Waals surface area contributed by atoms with Gasteiger partial charge in [0.25, 0.3) is 0 Å². The maximum Gasteiger partial charge on any atom is 0.407 e. The molecule has 2 N–H and O–H groups in total. The van der Waals surface area contributed by atoms with Crippen LogP contribution in [0.25, 0.3) is 11.1 Å². The van der Waals surface area contributed by atoms with E-state index in [1.165, 1.54) is 11.1 Å². The lowest BCUT2D eigenvalue weighted by Crippen LogP contribution is -2.58. The number of rotatable bonds is 6. The maximum atomic E-state index is 13.5. The lowest BCUT2D eigenvalue weighted by molar-refractivity contribution is -0.157. The Bertz CT molecular complexity index is 1100. The van der Waals surface area contributed by atoms with E-state index in [1.54, 1.807) is 4.90 Å². The molecule has 184 valence electrons. The van der Waals surface area contributed by atoms with Gasteiger partial charge in [-0.25, -0.2) is 4.79 Å². The molecule has 7 nitrogen and oxygen atoms in total. The number of aliphatic carboxylic acids is 1. The standard InChI is InChI=1S/C28H32N2O5/c1-18-19(25(31)32)12-6-15-30(18)26(33)28(13-7-14-28)17-29-27(34)35-16-24-22-10-4-2-8-20(22)21-9-3-5-11-23(21)24/h2-5,8-11,18-19,24H,6-7,12-17H2,1H3,(H,29,34)(H,31,32). The molecule has 2 aromatic rings. The van der Waals surface area contributed by atoms with E-state index in [9.17, 15) is 19.5 Å². The molecule has 2 atom stereocenters. The van der Waals surface area contributed by atoms with Gasteiger partial charge in [-0.05, 0) is 54.9 Å². The van der Waals surface area contributed by atoms with Crippen molar-refractivity contribution in [3.05, 3.63) is 59.7 Å². The fourth-order valence-corrected chi connectivity index (χ4v) is 6.03. The molecule has 1 saturated heterocycles. The highest BCUT2D eigenvalue weighted by atomic mass is 16.5. The molecule has 3 aliphatic rings. The van der Waals surface area contributed by atoms with Crippen molar-refractivity contribution in [2.75, 3.05) is 19.7 Å². The summed E-state index contributed by atoms with van der Waals surface area (Å²) in [5.41, 5.74) is 3.98. The van der Waals surface area contributed by atoms with Gasteiger partial charge in [-0.3, -0.25) is 9.59 Å². The third-order valence-corrected chi connectivity index (χ3v) is 8.25. The quantitative estimate of drug-likeness (QED) is 0.644. The van der Waals surface area contributed by atoms with Gasteiger partial charge in [-0.1, -0.05) is 55.0 Å². The predicted molar refractivity (Wildman–Crippen MR) is 131 cm³/mol. The van der Waals surface area contributed by atoms with Crippen LogP contribution in [0.1, 0.15) is 56.1 Å². The number of hydrogen-bond donors (Lipinski definition) is 2. The zero-order valence-corrected chi connectivity index (χ0v) is 20.0. The molecule has 2 aliphatic carbocycles. The summed E-state index contributed by atoms with van der Waals surface area (Å²) in [6, 6.07) is 16.0. The smallest absolute Gasteiger partial charge is 0.407 e. The van der Waals surface area contributed by atoms with E-state index in [2.05, 4.69) is 29.6 Å². The Hall–Kier alpha value is -3.35. The van der Waals surface area contributed by atoms with Gasteiger partial charge < -0.3 is 20.1 Å². The molecule has 2 fully saturated rings. The first-order valence-corrected chi connectivity index (χ1v) is 12.5. The van der Waals surface area contributed by atoms with Crippen molar-refractivity contribution in [1.29, 1.82) is 0 Å². The van der Waals surface area contributed by atoms with Crippen molar-refractivity contribution in [3.8, 4) is 11.1 Å². The van der Waals surface area contributed by atoms with Gasteiger partial charge in [0.2, 0.25) is 5.91 Å². The van der Waals surface area contributed by atoms with Crippen molar-refractivity contribution in [1.82, 2.24) is 10.2 Å². The molecule has 2 unspecified atom stereocenters. The van der Waals surface area contributed by atoms with Gasteiger partial charge >= 0.3 is 12.1 Å². The molecular weight excluding hydrogens is 444 g/mol. The third-order valence-electron chi connectivity index (χ3n) is 8.25. The van der Waals surface area contributed by atoms with Crippen LogP contribution in [-0.2, 0) is 14.3 Å². The molecule has 2 aromatic carbocycles. The number of piperidine rings is 1. The van der Waals surface area contributed by atoms with Crippen LogP contribution in [0.4, 0.5) is 4.79 Å². The Morgan fingerprint density at radius 1 is 1.03 bits per heavy atom. The van der Waals surface area contributed by atoms with Crippen molar-refractivity contribution in [2.24, 2.45) is 11.3 Å². The second kappa shape index (κ2) is 9.36. The van der Waals surface area contributed by atoms with E-state index < -0.39 is 23.4 Å². The second-order valence-electron chi connectivity index (χ2n) is 10.1. The summed E-state index contributed by atoms with van der Waals surface area (Å²) in [7, 11) is 0. The van der Waals surface area contributed by atoms with Gasteiger partial charge in [-0.2, -0.15) is 0 Å². The van der Waals surface area contributed by atoms with Crippen molar-refractivity contribution in [2.45, 2.75) is 51.0 Å². The first-order valence-electron chi connectivity index (χ1n) is 12.5. The number of alkyl carbamates (subject to hydrolysis) is 1. The lowest BCUT2D eigenvalue weighted by Gasteiger charge is -2.47. The normalized spacial score (nSPS) is 22.5. The summed E-state index contributed by atoms with van der Waals surface area (Å²) >= 11 is 0. The van der Waals surface area contributed by atoms with E-state index in [0.29, 0.717) is 32.2 Å². The van der Waals surface area contributed by atoms with E-state index in [0.717, 1.165) is 17.5 Å². The summed E-state index contributed by atoms with van der Waals surface area (Å²) in [6.07, 6.45) is 3.05. The molecule has 0 radical (unpaired) electrons. The van der Waals surface area contributed by atoms with Crippen LogP contribution >= 0.6 is 0 Å². The summed E-state index contributed by atoms with van der Waals surface area (Å²) in [6.45, 7) is 2.82. The first-order chi connectivity index (χ1) is 16.9. The van der Waals surface area contributed by atoms with Crippen LogP contribution in [0.5, 0.6) is 0 Å². The van der Waals surface area contributed by atoms with Gasteiger partial charge in [0.1, 0.15) is 6.61 Å². The number of nitrogens with zero attached hydrogens (tertiary/aromatic N) is 1. The number of fused-ring (bicyclic) bond motifs is 3. The number of ether oxygens (including phenoxy) is 1. The van der Waals surface area contributed by atoms with Gasteiger partial charge in [0.05, 0.1) is 11.3 Å². The zero-order chi connectivity index (χ0) is 24.6. The first kappa shape index (κ1) is 23.4. The number of carbonyl (C=O) groups excluding carboxylic acids is 2. The van der Waals surface area contributed by atoms with Gasteiger partial charge in [0.15, 0.2) is 0 Å². The summed E-state index contributed by atoms with van der Waals surface area (Å²) in [5, 5.41) is 12.4. The monoisotopic (exact) mass is 476 g/mol. The average molecular weight is 477 g/mol. The van der Waals surface area contributed by atoms with Gasteiger partial charge in [-0.15, -0.1) is 0 Å². The summed E-state index contributed by atoms with van der Waals surface area (Å²) in [5.74, 6) is -1.45. The molecule has 2 amide bonds. The number of hydrogen-bond acceptors (Lipinski definition) is 4. The predicted octanol–water partition coefficient (Wildman–Crippen LogP) is 4.41. The SMILES string of the molecule is CC1C(C(=O)O)CCCN1C(=O)C1(CNC(=O)OCC2c3ccccc3-c3ccccc32)CCC1. The van der Waals surface area contributed by atoms with Crippen LogP contribution in [0.2, 0.25) is 0 Å². The Kier molecular flexibility index (Phi) is 6.26. The van der Waals surface area contributed by atoms with Crippen molar-refractivity contribution >= 4 is 18.0 Å². The number of likely N-dealkylation sites (tertiary alicyclic amines) is 1. The van der Waals surface area contributed by atoms with Crippen LogP contribution in [-0.4, -0.2) is 53.7 Å². The van der Waals surface area contributed by atoms with Crippen LogP contribution in [0.15, 0.2) is 48.5 Å². The summed E-state index contributed by atoms with van der Waals surface area (Å²) < 4.78 is 5.65. The molecule has 1 aliphatic heterocycles. The molecule has 1 heterocycles. The Morgan fingerprint density at radius 3 is 2.23 bits per heavy atom. The number of carbonyl (C=O) groups is 3. The molecule has 0 spiro atoms. The van der Waals surface area contributed by atoms with E-state index in [4.69, 9.17) is 4.74 Å². The van der Waals surface area contributed by atoms with E-state index in [-0.39, 0.29) is 31.0 Å². The average Bonchev–Trinajstić information content (AvgIpc) is 3.15. The minimum absolute atomic E-state index is 0.0189. The minimum atomic E-state index is -0.852. The molecule has 5 rings (SSSR count). The fourth-order valence-electron chi connectivity index (χ4n) is 6.03. The van der Waals surface area contributed by atoms with Crippen molar-refractivity contribution in [3.63, 3.8) is 0 Å². The molecular formula is C28H32N2O5. The summed E-state index contributed by atoms with van der Waals surface area (Å²) in [4.78, 5) is 39.5. The third kappa shape index (κ3) is 4.17. The number of benzene rings is 2. The Balaban J connectivity index is 1.21. The maximum absolute atomic E-state index is 13.5. The molecule has 0 bridgehead atoms. The fraction of sp³-hybridized carbons (Fsp3) is 0.464.